The number of ether oxygens (including phenoxy) is 5. The van der Waals surface area contributed by atoms with E-state index < -0.39 is 0 Å². The predicted molar refractivity (Wildman–Crippen MR) is 172 cm³/mol. The number of rotatable bonds is 23. The highest BCUT2D eigenvalue weighted by molar-refractivity contribution is 5.91. The first-order valence-electron chi connectivity index (χ1n) is 15.7. The molecule has 0 amide bonds. The van der Waals surface area contributed by atoms with Gasteiger partial charge in [0.25, 0.3) is 0 Å². The van der Waals surface area contributed by atoms with Gasteiger partial charge in [0.15, 0.2) is 11.5 Å². The molecule has 0 radical (unpaired) electrons. The largest absolute Gasteiger partial charge is 0.493 e. The highest BCUT2D eigenvalue weighted by atomic mass is 16.5. The normalized spacial score (nSPS) is 11.2. The zero-order valence-corrected chi connectivity index (χ0v) is 26.3. The van der Waals surface area contributed by atoms with Gasteiger partial charge in [0.1, 0.15) is 18.1 Å². The Morgan fingerprint density at radius 3 is 2.02 bits per heavy atom. The van der Waals surface area contributed by atoms with Gasteiger partial charge in [-0.3, -0.25) is 0 Å². The predicted octanol–water partition coefficient (Wildman–Crippen LogP) is 9.56. The molecule has 0 saturated carbocycles. The Kier molecular flexibility index (Phi) is 17.6. The van der Waals surface area contributed by atoms with Crippen molar-refractivity contribution in [2.75, 3.05) is 33.5 Å². The highest BCUT2D eigenvalue weighted by Gasteiger charge is 2.17. The monoisotopic (exact) mass is 577 g/mol. The first-order chi connectivity index (χ1) is 20.6. The lowest BCUT2D eigenvalue weighted by Gasteiger charge is -2.18. The van der Waals surface area contributed by atoms with Crippen molar-refractivity contribution >= 4 is 11.6 Å². The maximum atomic E-state index is 10.2. The van der Waals surface area contributed by atoms with E-state index in [0.717, 1.165) is 48.1 Å². The molecule has 0 heterocycles. The van der Waals surface area contributed by atoms with Gasteiger partial charge in [-0.25, -0.2) is 0 Å². The number of unbranched alkanes of at least 4 members (excludes halogenated alkanes) is 8. The maximum Gasteiger partial charge on any atom is 0.161 e. The first kappa shape index (κ1) is 34.8. The zero-order valence-electron chi connectivity index (χ0n) is 26.3. The average molecular weight is 578 g/mol. The number of hydrogen-bond donors (Lipinski definition) is 0. The standard InChI is InChI=1S/C36H51NO5/c1-6-10-12-14-16-23-40-34-21-18-29(26-35(34)41-24-17-15-13-11-7-2)31(27-37)25-30-19-20-33(39-9-4)32(28-38-5)36(30)42-22-8-3/h8,18-21,25-26H,3,6-7,9-17,22-24,28H2,1-2,4-5H3/b31-25-. The molecular weight excluding hydrogens is 526 g/mol. The van der Waals surface area contributed by atoms with Gasteiger partial charge in [-0.2, -0.15) is 5.26 Å². The quantitative estimate of drug-likeness (QED) is 0.0567. The molecular formula is C36H51NO5. The summed E-state index contributed by atoms with van der Waals surface area (Å²) in [5.41, 5.74) is 2.80. The van der Waals surface area contributed by atoms with Gasteiger partial charge in [-0.1, -0.05) is 77.9 Å². The molecule has 6 nitrogen and oxygen atoms in total. The van der Waals surface area contributed by atoms with Gasteiger partial charge in [0.2, 0.25) is 0 Å². The Bertz CT molecular complexity index is 1130. The molecule has 0 atom stereocenters. The molecule has 0 aliphatic rings. The van der Waals surface area contributed by atoms with Crippen molar-refractivity contribution in [2.24, 2.45) is 0 Å². The topological polar surface area (TPSA) is 69.9 Å². The van der Waals surface area contributed by atoms with Crippen molar-refractivity contribution in [1.29, 1.82) is 5.26 Å². The van der Waals surface area contributed by atoms with Crippen LogP contribution >= 0.6 is 0 Å². The number of nitrogens with zero attached hydrogens (tertiary/aromatic N) is 1. The second kappa shape index (κ2) is 21.3. The van der Waals surface area contributed by atoms with E-state index in [9.17, 15) is 5.26 Å². The fourth-order valence-corrected chi connectivity index (χ4v) is 4.64. The molecule has 230 valence electrons. The third-order valence-electron chi connectivity index (χ3n) is 6.87. The summed E-state index contributed by atoms with van der Waals surface area (Å²) in [6.07, 6.45) is 15.2. The molecule has 0 aliphatic carbocycles. The Morgan fingerprint density at radius 2 is 1.43 bits per heavy atom. The summed E-state index contributed by atoms with van der Waals surface area (Å²) in [7, 11) is 1.64. The zero-order chi connectivity index (χ0) is 30.4. The van der Waals surface area contributed by atoms with Crippen LogP contribution in [0.3, 0.4) is 0 Å². The van der Waals surface area contributed by atoms with E-state index in [2.05, 4.69) is 26.5 Å². The minimum atomic E-state index is 0.312. The Hall–Kier alpha value is -3.43. The third-order valence-corrected chi connectivity index (χ3v) is 6.87. The summed E-state index contributed by atoms with van der Waals surface area (Å²) in [5.74, 6) is 2.70. The number of hydrogen-bond acceptors (Lipinski definition) is 6. The van der Waals surface area contributed by atoms with Gasteiger partial charge < -0.3 is 23.7 Å². The minimum absolute atomic E-state index is 0.312. The fourth-order valence-electron chi connectivity index (χ4n) is 4.64. The SMILES string of the molecule is C=CCOc1c(/C=C(/C#N)c2ccc(OCCCCCCC)c(OCCCCCCC)c2)ccc(OCC)c1COC. The number of allylic oxidation sites excluding steroid dienone is 1. The molecule has 6 heteroatoms. The van der Waals surface area contributed by atoms with Crippen LogP contribution in [0.25, 0.3) is 11.6 Å². The Labute approximate surface area is 254 Å². The van der Waals surface area contributed by atoms with Crippen molar-refractivity contribution in [3.8, 4) is 29.1 Å². The van der Waals surface area contributed by atoms with E-state index in [-0.39, 0.29) is 0 Å². The second-order valence-electron chi connectivity index (χ2n) is 10.3. The summed E-state index contributed by atoms with van der Waals surface area (Å²) in [6.45, 7) is 12.6. The van der Waals surface area contributed by atoms with E-state index >= 15 is 0 Å². The molecule has 0 bridgehead atoms. The second-order valence-corrected chi connectivity index (χ2v) is 10.3. The smallest absolute Gasteiger partial charge is 0.161 e. The number of nitriles is 1. The summed E-state index contributed by atoms with van der Waals surface area (Å²) < 4.78 is 29.8. The van der Waals surface area contributed by atoms with Crippen LogP contribution in [0.2, 0.25) is 0 Å². The maximum absolute atomic E-state index is 10.2. The van der Waals surface area contributed by atoms with Gasteiger partial charge in [-0.05, 0) is 61.7 Å². The number of benzene rings is 2. The number of methoxy groups -OCH3 is 1. The molecule has 2 rings (SSSR count). The fraction of sp³-hybridized carbons (Fsp3) is 0.528. The minimum Gasteiger partial charge on any atom is -0.493 e. The summed E-state index contributed by atoms with van der Waals surface area (Å²) in [6, 6.07) is 11.9. The van der Waals surface area contributed by atoms with Crippen molar-refractivity contribution in [2.45, 2.75) is 91.6 Å². The molecule has 0 aliphatic heterocycles. The summed E-state index contributed by atoms with van der Waals surface area (Å²) >= 11 is 0. The van der Waals surface area contributed by atoms with Crippen LogP contribution in [0.15, 0.2) is 43.0 Å². The van der Waals surface area contributed by atoms with E-state index in [0.29, 0.717) is 55.9 Å². The van der Waals surface area contributed by atoms with E-state index in [1.54, 1.807) is 13.2 Å². The van der Waals surface area contributed by atoms with Gasteiger partial charge in [-0.15, -0.1) is 0 Å². The Morgan fingerprint density at radius 1 is 0.786 bits per heavy atom. The van der Waals surface area contributed by atoms with Gasteiger partial charge >= 0.3 is 0 Å². The van der Waals surface area contributed by atoms with Crippen LogP contribution in [0.5, 0.6) is 23.0 Å². The van der Waals surface area contributed by atoms with Crippen LogP contribution < -0.4 is 18.9 Å². The van der Waals surface area contributed by atoms with Crippen LogP contribution in [0.1, 0.15) is 102 Å². The molecule has 42 heavy (non-hydrogen) atoms. The average Bonchev–Trinajstić information content (AvgIpc) is 3.00. The molecule has 0 saturated heterocycles. The van der Waals surface area contributed by atoms with Crippen molar-refractivity contribution in [1.82, 2.24) is 0 Å². The van der Waals surface area contributed by atoms with Crippen molar-refractivity contribution in [3.63, 3.8) is 0 Å². The van der Waals surface area contributed by atoms with Crippen LogP contribution in [-0.4, -0.2) is 33.5 Å². The van der Waals surface area contributed by atoms with Crippen molar-refractivity contribution in [3.05, 3.63) is 59.7 Å². The van der Waals surface area contributed by atoms with Crippen molar-refractivity contribution < 1.29 is 23.7 Å². The van der Waals surface area contributed by atoms with E-state index in [1.807, 2.05) is 43.3 Å². The third kappa shape index (κ3) is 11.8. The molecule has 2 aromatic carbocycles. The van der Waals surface area contributed by atoms with Crippen LogP contribution in [-0.2, 0) is 11.3 Å². The lowest BCUT2D eigenvalue weighted by molar-refractivity contribution is 0.175. The van der Waals surface area contributed by atoms with E-state index in [1.165, 1.54) is 38.5 Å². The van der Waals surface area contributed by atoms with Gasteiger partial charge in [0, 0.05) is 12.7 Å². The lowest BCUT2D eigenvalue weighted by Crippen LogP contribution is -2.05. The molecule has 0 N–H and O–H groups in total. The highest BCUT2D eigenvalue weighted by Crippen LogP contribution is 2.37. The van der Waals surface area contributed by atoms with Crippen LogP contribution in [0.4, 0.5) is 0 Å². The summed E-state index contributed by atoms with van der Waals surface area (Å²) in [5, 5.41) is 10.2. The molecule has 0 unspecified atom stereocenters. The van der Waals surface area contributed by atoms with Crippen LogP contribution in [0, 0.1) is 11.3 Å². The Balaban J connectivity index is 2.39. The van der Waals surface area contributed by atoms with E-state index in [4.69, 9.17) is 23.7 Å². The lowest BCUT2D eigenvalue weighted by atomic mass is 10.0. The van der Waals surface area contributed by atoms with Gasteiger partial charge in [0.05, 0.1) is 43.6 Å². The molecule has 0 spiro atoms. The summed E-state index contributed by atoms with van der Waals surface area (Å²) in [4.78, 5) is 0. The molecule has 0 aromatic heterocycles. The molecule has 0 fully saturated rings. The first-order valence-corrected chi connectivity index (χ1v) is 15.7. The molecule has 2 aromatic rings.